The monoisotopic (exact) mass is 225 g/mol. The standard InChI is InChI=1S/C12H19NOS/c1-10(13-3)9-11(2)15(14)12-7-5-4-6-8-12/h4-8,10-11,13H,9H2,1-3H3. The van der Waals surface area contributed by atoms with Gasteiger partial charge in [-0.2, -0.15) is 0 Å². The van der Waals surface area contributed by atoms with E-state index in [1.54, 1.807) is 0 Å². The van der Waals surface area contributed by atoms with Gasteiger partial charge in [-0.3, -0.25) is 4.21 Å². The molecule has 1 N–H and O–H groups in total. The maximum absolute atomic E-state index is 12.1. The van der Waals surface area contributed by atoms with Crippen LogP contribution < -0.4 is 5.32 Å². The van der Waals surface area contributed by atoms with E-state index in [1.807, 2.05) is 44.3 Å². The summed E-state index contributed by atoms with van der Waals surface area (Å²) in [5, 5.41) is 3.36. The largest absolute Gasteiger partial charge is 0.317 e. The Bertz CT molecular complexity index is 313. The highest BCUT2D eigenvalue weighted by Crippen LogP contribution is 2.14. The van der Waals surface area contributed by atoms with Crippen LogP contribution in [0.2, 0.25) is 0 Å². The first-order chi connectivity index (χ1) is 7.15. The van der Waals surface area contributed by atoms with Crippen molar-refractivity contribution in [2.24, 2.45) is 0 Å². The van der Waals surface area contributed by atoms with E-state index in [0.29, 0.717) is 6.04 Å². The third kappa shape index (κ3) is 3.76. The molecular weight excluding hydrogens is 206 g/mol. The molecular formula is C12H19NOS. The maximum atomic E-state index is 12.1. The molecule has 3 heteroatoms. The fraction of sp³-hybridized carbons (Fsp3) is 0.500. The summed E-state index contributed by atoms with van der Waals surface area (Å²) in [6, 6.07) is 10.1. The van der Waals surface area contributed by atoms with Crippen molar-refractivity contribution >= 4 is 10.8 Å². The van der Waals surface area contributed by atoms with Gasteiger partial charge in [-0.05, 0) is 32.5 Å². The van der Waals surface area contributed by atoms with Crippen molar-refractivity contribution in [3.63, 3.8) is 0 Å². The molecule has 0 aliphatic rings. The van der Waals surface area contributed by atoms with Gasteiger partial charge in [0.2, 0.25) is 0 Å². The predicted octanol–water partition coefficient (Wildman–Crippen LogP) is 2.18. The summed E-state index contributed by atoms with van der Waals surface area (Å²) >= 11 is 0. The maximum Gasteiger partial charge on any atom is 0.0558 e. The van der Waals surface area contributed by atoms with E-state index in [-0.39, 0.29) is 5.25 Å². The van der Waals surface area contributed by atoms with Gasteiger partial charge in [0.15, 0.2) is 0 Å². The number of hydrogen-bond donors (Lipinski definition) is 1. The lowest BCUT2D eigenvalue weighted by Crippen LogP contribution is -2.27. The molecule has 0 bridgehead atoms. The predicted molar refractivity (Wildman–Crippen MR) is 65.5 cm³/mol. The zero-order chi connectivity index (χ0) is 11.3. The quantitative estimate of drug-likeness (QED) is 0.832. The van der Waals surface area contributed by atoms with Crippen LogP contribution in [0, 0.1) is 0 Å². The van der Waals surface area contributed by atoms with Gasteiger partial charge in [-0.25, -0.2) is 0 Å². The lowest BCUT2D eigenvalue weighted by atomic mass is 10.2. The van der Waals surface area contributed by atoms with E-state index in [9.17, 15) is 4.21 Å². The van der Waals surface area contributed by atoms with Gasteiger partial charge in [0.05, 0.1) is 10.8 Å². The van der Waals surface area contributed by atoms with Crippen molar-refractivity contribution < 1.29 is 4.21 Å². The molecule has 1 rings (SSSR count). The van der Waals surface area contributed by atoms with Crippen LogP contribution in [0.5, 0.6) is 0 Å². The summed E-state index contributed by atoms with van der Waals surface area (Å²) < 4.78 is 12.1. The first kappa shape index (κ1) is 12.4. The fourth-order valence-corrected chi connectivity index (χ4v) is 2.84. The first-order valence-corrected chi connectivity index (χ1v) is 6.49. The summed E-state index contributed by atoms with van der Waals surface area (Å²) in [7, 11) is 1.04. The second-order valence-electron chi connectivity index (χ2n) is 3.85. The first-order valence-electron chi connectivity index (χ1n) is 5.28. The minimum Gasteiger partial charge on any atom is -0.317 e. The molecule has 0 aromatic heterocycles. The van der Waals surface area contributed by atoms with Gasteiger partial charge >= 0.3 is 0 Å². The van der Waals surface area contributed by atoms with E-state index < -0.39 is 10.8 Å². The molecule has 0 fully saturated rings. The van der Waals surface area contributed by atoms with Crippen LogP contribution in [0.15, 0.2) is 35.2 Å². The Morgan fingerprint density at radius 3 is 2.40 bits per heavy atom. The van der Waals surface area contributed by atoms with Crippen molar-refractivity contribution in [3.05, 3.63) is 30.3 Å². The third-order valence-electron chi connectivity index (χ3n) is 2.52. The number of rotatable bonds is 5. The van der Waals surface area contributed by atoms with Crippen LogP contribution in [0.1, 0.15) is 20.3 Å². The Hall–Kier alpha value is -0.670. The Labute approximate surface area is 94.5 Å². The molecule has 0 spiro atoms. The second-order valence-corrected chi connectivity index (χ2v) is 5.72. The molecule has 0 heterocycles. The number of nitrogens with one attached hydrogen (secondary N) is 1. The van der Waals surface area contributed by atoms with Crippen molar-refractivity contribution in [3.8, 4) is 0 Å². The van der Waals surface area contributed by atoms with Gasteiger partial charge in [-0.15, -0.1) is 0 Å². The molecule has 84 valence electrons. The van der Waals surface area contributed by atoms with E-state index in [1.165, 1.54) is 0 Å². The van der Waals surface area contributed by atoms with E-state index in [4.69, 9.17) is 0 Å². The molecule has 2 nitrogen and oxygen atoms in total. The van der Waals surface area contributed by atoms with Crippen LogP contribution in [-0.4, -0.2) is 22.5 Å². The van der Waals surface area contributed by atoms with Crippen LogP contribution in [0.3, 0.4) is 0 Å². The smallest absolute Gasteiger partial charge is 0.0558 e. The van der Waals surface area contributed by atoms with Gasteiger partial charge in [0.25, 0.3) is 0 Å². The van der Waals surface area contributed by atoms with E-state index in [2.05, 4.69) is 12.2 Å². The average Bonchev–Trinajstić information content (AvgIpc) is 2.29. The van der Waals surface area contributed by atoms with Gasteiger partial charge < -0.3 is 5.32 Å². The summed E-state index contributed by atoms with van der Waals surface area (Å²) in [5.74, 6) is 0. The minimum atomic E-state index is -0.890. The Morgan fingerprint density at radius 1 is 1.27 bits per heavy atom. The Balaban J connectivity index is 2.61. The van der Waals surface area contributed by atoms with Crippen LogP contribution >= 0.6 is 0 Å². The molecule has 15 heavy (non-hydrogen) atoms. The minimum absolute atomic E-state index is 0.190. The molecule has 0 radical (unpaired) electrons. The molecule has 0 aliphatic carbocycles. The highest BCUT2D eigenvalue weighted by atomic mass is 32.2. The summed E-state index contributed by atoms with van der Waals surface area (Å²) in [6.07, 6.45) is 0.929. The molecule has 0 saturated heterocycles. The highest BCUT2D eigenvalue weighted by molar-refractivity contribution is 7.85. The molecule has 0 aliphatic heterocycles. The van der Waals surface area contributed by atoms with Crippen molar-refractivity contribution in [2.45, 2.75) is 36.5 Å². The zero-order valence-electron chi connectivity index (χ0n) is 9.57. The Morgan fingerprint density at radius 2 is 1.87 bits per heavy atom. The van der Waals surface area contributed by atoms with Crippen molar-refractivity contribution in [1.29, 1.82) is 0 Å². The van der Waals surface area contributed by atoms with Gasteiger partial charge in [0.1, 0.15) is 0 Å². The van der Waals surface area contributed by atoms with Crippen molar-refractivity contribution in [2.75, 3.05) is 7.05 Å². The second kappa shape index (κ2) is 6.03. The normalized spacial score (nSPS) is 17.0. The number of benzene rings is 1. The number of hydrogen-bond acceptors (Lipinski definition) is 2. The summed E-state index contributed by atoms with van der Waals surface area (Å²) in [4.78, 5) is 0.924. The van der Waals surface area contributed by atoms with Crippen molar-refractivity contribution in [1.82, 2.24) is 5.32 Å². The topological polar surface area (TPSA) is 29.1 Å². The SMILES string of the molecule is CNC(C)CC(C)S(=O)c1ccccc1. The Kier molecular flexibility index (Phi) is 4.99. The van der Waals surface area contributed by atoms with Crippen LogP contribution in [-0.2, 0) is 10.8 Å². The summed E-state index contributed by atoms with van der Waals surface area (Å²) in [5.41, 5.74) is 0. The molecule has 0 saturated carbocycles. The zero-order valence-corrected chi connectivity index (χ0v) is 10.4. The molecule has 0 amide bonds. The van der Waals surface area contributed by atoms with Gasteiger partial charge in [0, 0.05) is 16.2 Å². The van der Waals surface area contributed by atoms with Crippen LogP contribution in [0.4, 0.5) is 0 Å². The summed E-state index contributed by atoms with van der Waals surface area (Å²) in [6.45, 7) is 4.15. The van der Waals surface area contributed by atoms with Gasteiger partial charge in [-0.1, -0.05) is 25.1 Å². The molecule has 3 atom stereocenters. The highest BCUT2D eigenvalue weighted by Gasteiger charge is 2.15. The molecule has 3 unspecified atom stereocenters. The van der Waals surface area contributed by atoms with Crippen LogP contribution in [0.25, 0.3) is 0 Å². The average molecular weight is 225 g/mol. The lowest BCUT2D eigenvalue weighted by molar-refractivity contribution is 0.554. The molecule has 1 aromatic carbocycles. The van der Waals surface area contributed by atoms with E-state index in [0.717, 1.165) is 11.3 Å². The van der Waals surface area contributed by atoms with E-state index >= 15 is 0 Å². The lowest BCUT2D eigenvalue weighted by Gasteiger charge is -2.16. The molecule has 1 aromatic rings. The third-order valence-corrected chi connectivity index (χ3v) is 4.18. The fourth-order valence-electron chi connectivity index (χ4n) is 1.49.